The minimum atomic E-state index is -3.71. The van der Waals surface area contributed by atoms with Crippen molar-refractivity contribution in [2.24, 2.45) is 0 Å². The molecule has 9 heteroatoms. The van der Waals surface area contributed by atoms with Gasteiger partial charge in [-0.2, -0.15) is 4.31 Å². The van der Waals surface area contributed by atoms with Crippen molar-refractivity contribution in [1.82, 2.24) is 4.31 Å². The zero-order chi connectivity index (χ0) is 19.6. The highest BCUT2D eigenvalue weighted by Gasteiger charge is 2.28. The molecule has 0 spiro atoms. The lowest BCUT2D eigenvalue weighted by molar-refractivity contribution is 0.0730. The Morgan fingerprint density at radius 3 is 2.56 bits per heavy atom. The van der Waals surface area contributed by atoms with Gasteiger partial charge in [0.25, 0.3) is 5.91 Å². The number of benzene rings is 2. The third-order valence-electron chi connectivity index (χ3n) is 4.24. The Morgan fingerprint density at radius 2 is 1.85 bits per heavy atom. The summed E-state index contributed by atoms with van der Waals surface area (Å²) in [6.45, 7) is 2.98. The third-order valence-corrected chi connectivity index (χ3v) is 7.10. The molecular weight excluding hydrogens is 411 g/mol. The van der Waals surface area contributed by atoms with Crippen molar-refractivity contribution in [1.29, 1.82) is 0 Å². The van der Waals surface area contributed by atoms with E-state index in [0.29, 0.717) is 29.5 Å². The maximum absolute atomic E-state index is 12.9. The lowest BCUT2D eigenvalue weighted by Gasteiger charge is -2.26. The van der Waals surface area contributed by atoms with Gasteiger partial charge in [0.05, 0.1) is 33.8 Å². The number of aryl methyl sites for hydroxylation is 1. The number of carbonyl (C=O) groups is 1. The van der Waals surface area contributed by atoms with E-state index in [1.54, 1.807) is 37.3 Å². The van der Waals surface area contributed by atoms with Crippen LogP contribution in [0.1, 0.15) is 15.9 Å². The lowest BCUT2D eigenvalue weighted by Crippen LogP contribution is -2.40. The van der Waals surface area contributed by atoms with Crippen LogP contribution in [0.3, 0.4) is 0 Å². The summed E-state index contributed by atoms with van der Waals surface area (Å²) < 4.78 is 32.5. The largest absolute Gasteiger partial charge is 0.379 e. The van der Waals surface area contributed by atoms with E-state index in [1.807, 2.05) is 0 Å². The summed E-state index contributed by atoms with van der Waals surface area (Å²) >= 11 is 12.1. The van der Waals surface area contributed by atoms with Crippen LogP contribution in [-0.4, -0.2) is 44.9 Å². The highest BCUT2D eigenvalue weighted by molar-refractivity contribution is 7.89. The minimum absolute atomic E-state index is 0.106. The third kappa shape index (κ3) is 4.28. The molecule has 1 fully saturated rings. The van der Waals surface area contributed by atoms with E-state index in [-0.39, 0.29) is 28.6 Å². The van der Waals surface area contributed by atoms with Crippen molar-refractivity contribution in [2.45, 2.75) is 11.8 Å². The average molecular weight is 429 g/mol. The number of amides is 1. The van der Waals surface area contributed by atoms with Gasteiger partial charge in [-0.1, -0.05) is 35.3 Å². The molecule has 1 saturated heterocycles. The molecule has 1 aliphatic heterocycles. The van der Waals surface area contributed by atoms with E-state index in [0.717, 1.165) is 0 Å². The maximum atomic E-state index is 12.9. The number of sulfonamides is 1. The van der Waals surface area contributed by atoms with Crippen LogP contribution < -0.4 is 5.32 Å². The van der Waals surface area contributed by atoms with Crippen molar-refractivity contribution in [3.05, 3.63) is 57.6 Å². The molecule has 0 saturated carbocycles. The number of hydrogen-bond donors (Lipinski definition) is 1. The highest BCUT2D eigenvalue weighted by Crippen LogP contribution is 2.30. The number of rotatable bonds is 4. The second kappa shape index (κ2) is 8.16. The fourth-order valence-corrected chi connectivity index (χ4v) is 4.75. The molecule has 144 valence electrons. The molecule has 0 unspecified atom stereocenters. The number of halogens is 2. The van der Waals surface area contributed by atoms with E-state index >= 15 is 0 Å². The normalized spacial score (nSPS) is 15.5. The van der Waals surface area contributed by atoms with Gasteiger partial charge < -0.3 is 10.1 Å². The number of morpholine rings is 1. The zero-order valence-corrected chi connectivity index (χ0v) is 16.9. The summed E-state index contributed by atoms with van der Waals surface area (Å²) in [4.78, 5) is 12.7. The average Bonchev–Trinajstić information content (AvgIpc) is 2.66. The highest BCUT2D eigenvalue weighted by atomic mass is 35.5. The number of anilines is 1. The van der Waals surface area contributed by atoms with Crippen LogP contribution in [0.15, 0.2) is 41.3 Å². The Bertz CT molecular complexity index is 973. The van der Waals surface area contributed by atoms with Crippen LogP contribution in [0, 0.1) is 6.92 Å². The van der Waals surface area contributed by atoms with Gasteiger partial charge in [0, 0.05) is 18.7 Å². The molecule has 1 aliphatic rings. The second-order valence-corrected chi connectivity index (χ2v) is 8.74. The first-order valence-electron chi connectivity index (χ1n) is 8.24. The van der Waals surface area contributed by atoms with Crippen LogP contribution in [0.4, 0.5) is 5.69 Å². The molecule has 1 amide bonds. The zero-order valence-electron chi connectivity index (χ0n) is 14.5. The summed E-state index contributed by atoms with van der Waals surface area (Å²) in [7, 11) is -3.71. The first-order valence-corrected chi connectivity index (χ1v) is 10.4. The number of ether oxygens (including phenoxy) is 1. The molecule has 0 aliphatic carbocycles. The van der Waals surface area contributed by atoms with E-state index in [2.05, 4.69) is 5.32 Å². The van der Waals surface area contributed by atoms with Crippen molar-refractivity contribution < 1.29 is 17.9 Å². The smallest absolute Gasteiger partial charge is 0.255 e. The van der Waals surface area contributed by atoms with E-state index < -0.39 is 15.9 Å². The van der Waals surface area contributed by atoms with Gasteiger partial charge in [-0.15, -0.1) is 0 Å². The van der Waals surface area contributed by atoms with Crippen molar-refractivity contribution >= 4 is 44.8 Å². The summed E-state index contributed by atoms with van der Waals surface area (Å²) in [5, 5.41) is 3.20. The molecule has 1 N–H and O–H groups in total. The van der Waals surface area contributed by atoms with Gasteiger partial charge in [-0.25, -0.2) is 8.42 Å². The van der Waals surface area contributed by atoms with Crippen LogP contribution in [0.2, 0.25) is 10.0 Å². The van der Waals surface area contributed by atoms with Crippen LogP contribution >= 0.6 is 23.2 Å². The molecule has 27 heavy (non-hydrogen) atoms. The van der Waals surface area contributed by atoms with Crippen LogP contribution in [0.5, 0.6) is 0 Å². The topological polar surface area (TPSA) is 75.7 Å². The Balaban J connectivity index is 1.90. The molecule has 0 atom stereocenters. The standard InChI is InChI=1S/C18H18Cl2N2O4S/c1-12-5-6-13(18(23)21-15-4-2-3-14(19)17(15)20)11-16(12)27(24,25)22-7-9-26-10-8-22/h2-6,11H,7-10H2,1H3,(H,21,23). The van der Waals surface area contributed by atoms with Gasteiger partial charge >= 0.3 is 0 Å². The molecular formula is C18H18Cl2N2O4S. The van der Waals surface area contributed by atoms with Gasteiger partial charge in [0.1, 0.15) is 0 Å². The predicted molar refractivity (Wildman–Crippen MR) is 105 cm³/mol. The Morgan fingerprint density at radius 1 is 1.15 bits per heavy atom. The van der Waals surface area contributed by atoms with Gasteiger partial charge in [0.2, 0.25) is 10.0 Å². The monoisotopic (exact) mass is 428 g/mol. The molecule has 1 heterocycles. The summed E-state index contributed by atoms with van der Waals surface area (Å²) in [5.74, 6) is -0.474. The van der Waals surface area contributed by atoms with Gasteiger partial charge in [0.15, 0.2) is 0 Å². The Kier molecular flexibility index (Phi) is 6.08. The van der Waals surface area contributed by atoms with Gasteiger partial charge in [-0.3, -0.25) is 4.79 Å². The molecule has 0 radical (unpaired) electrons. The SMILES string of the molecule is Cc1ccc(C(=O)Nc2cccc(Cl)c2Cl)cc1S(=O)(=O)N1CCOCC1. The second-order valence-electron chi connectivity index (χ2n) is 6.05. The maximum Gasteiger partial charge on any atom is 0.255 e. The number of hydrogen-bond acceptors (Lipinski definition) is 4. The van der Waals surface area contributed by atoms with Crippen molar-refractivity contribution in [3.8, 4) is 0 Å². The lowest BCUT2D eigenvalue weighted by atomic mass is 10.1. The van der Waals surface area contributed by atoms with E-state index in [1.165, 1.54) is 10.4 Å². The molecule has 2 aromatic rings. The van der Waals surface area contributed by atoms with Gasteiger partial charge in [-0.05, 0) is 36.8 Å². The fourth-order valence-electron chi connectivity index (χ4n) is 2.74. The predicted octanol–water partition coefficient (Wildman–Crippen LogP) is 3.58. The van der Waals surface area contributed by atoms with Crippen LogP contribution in [0.25, 0.3) is 0 Å². The Labute approximate surface area is 168 Å². The fraction of sp³-hybridized carbons (Fsp3) is 0.278. The molecule has 0 aromatic heterocycles. The molecule has 3 rings (SSSR count). The molecule has 0 bridgehead atoms. The molecule has 6 nitrogen and oxygen atoms in total. The number of nitrogens with zero attached hydrogens (tertiary/aromatic N) is 1. The van der Waals surface area contributed by atoms with Crippen molar-refractivity contribution in [3.63, 3.8) is 0 Å². The quantitative estimate of drug-likeness (QED) is 0.807. The number of nitrogens with one attached hydrogen (secondary N) is 1. The summed E-state index contributed by atoms with van der Waals surface area (Å²) in [5.41, 5.74) is 1.13. The Hall–Kier alpha value is -1.64. The number of carbonyl (C=O) groups excluding carboxylic acids is 1. The molecule has 2 aromatic carbocycles. The summed E-state index contributed by atoms with van der Waals surface area (Å²) in [6, 6.07) is 9.45. The van der Waals surface area contributed by atoms with Crippen molar-refractivity contribution in [2.75, 3.05) is 31.6 Å². The first-order chi connectivity index (χ1) is 12.8. The first kappa shape index (κ1) is 20.1. The van der Waals surface area contributed by atoms with Crippen LogP contribution in [-0.2, 0) is 14.8 Å². The minimum Gasteiger partial charge on any atom is -0.379 e. The summed E-state index contributed by atoms with van der Waals surface area (Å²) in [6.07, 6.45) is 0. The van der Waals surface area contributed by atoms with E-state index in [4.69, 9.17) is 27.9 Å². The van der Waals surface area contributed by atoms with E-state index in [9.17, 15) is 13.2 Å².